The van der Waals surface area contributed by atoms with E-state index in [1.54, 1.807) is 6.20 Å². The van der Waals surface area contributed by atoms with E-state index < -0.39 is 0 Å². The first-order valence-corrected chi connectivity index (χ1v) is 4.08. The van der Waals surface area contributed by atoms with E-state index in [-0.39, 0.29) is 5.41 Å². The summed E-state index contributed by atoms with van der Waals surface area (Å²) in [6.07, 6.45) is 4.99. The van der Waals surface area contributed by atoms with Crippen molar-refractivity contribution in [3.05, 3.63) is 24.6 Å². The second-order valence-electron chi connectivity index (χ2n) is 3.74. The Labute approximate surface area is 70.2 Å². The molecule has 0 aromatic heterocycles. The standard InChI is InChI=1S/C10H19N/c1-6-9(11-7-2)8-10(3,4)5/h7-8,11H,2,6H2,1,3-5H3/b9-8+. The van der Waals surface area contributed by atoms with Crippen molar-refractivity contribution in [2.24, 2.45) is 5.41 Å². The predicted molar refractivity (Wildman–Crippen MR) is 51.2 cm³/mol. The van der Waals surface area contributed by atoms with Crippen LogP contribution >= 0.6 is 0 Å². The smallest absolute Gasteiger partial charge is 0.0108 e. The Morgan fingerprint density at radius 3 is 2.27 bits per heavy atom. The maximum Gasteiger partial charge on any atom is 0.0108 e. The summed E-state index contributed by atoms with van der Waals surface area (Å²) in [5, 5.41) is 3.11. The Morgan fingerprint density at radius 1 is 1.45 bits per heavy atom. The van der Waals surface area contributed by atoms with Crippen molar-refractivity contribution in [2.45, 2.75) is 34.1 Å². The van der Waals surface area contributed by atoms with Crippen molar-refractivity contribution in [3.63, 3.8) is 0 Å². The average Bonchev–Trinajstić information content (AvgIpc) is 1.84. The summed E-state index contributed by atoms with van der Waals surface area (Å²) < 4.78 is 0. The minimum Gasteiger partial charge on any atom is -0.366 e. The fourth-order valence-corrected chi connectivity index (χ4v) is 0.900. The molecule has 1 N–H and O–H groups in total. The molecule has 0 atom stereocenters. The van der Waals surface area contributed by atoms with Gasteiger partial charge in [0.2, 0.25) is 0 Å². The largest absolute Gasteiger partial charge is 0.366 e. The van der Waals surface area contributed by atoms with Gasteiger partial charge in [-0.1, -0.05) is 40.3 Å². The van der Waals surface area contributed by atoms with Crippen LogP contribution in [-0.2, 0) is 0 Å². The van der Waals surface area contributed by atoms with Crippen LogP contribution < -0.4 is 5.32 Å². The predicted octanol–water partition coefficient (Wildman–Crippen LogP) is 3.06. The Balaban J connectivity index is 4.22. The van der Waals surface area contributed by atoms with Gasteiger partial charge in [0.1, 0.15) is 0 Å². The number of hydrogen-bond acceptors (Lipinski definition) is 1. The third-order valence-electron chi connectivity index (χ3n) is 1.28. The number of hydrogen-bond donors (Lipinski definition) is 1. The fraction of sp³-hybridized carbons (Fsp3) is 0.600. The maximum atomic E-state index is 3.63. The molecule has 64 valence electrons. The lowest BCUT2D eigenvalue weighted by atomic mass is 9.95. The summed E-state index contributed by atoms with van der Waals surface area (Å²) in [5.41, 5.74) is 1.49. The molecule has 0 radical (unpaired) electrons. The zero-order valence-corrected chi connectivity index (χ0v) is 8.07. The van der Waals surface area contributed by atoms with Crippen molar-refractivity contribution in [2.75, 3.05) is 0 Å². The normalized spacial score (nSPS) is 12.9. The third kappa shape index (κ3) is 5.71. The molecule has 0 spiro atoms. The first-order valence-electron chi connectivity index (χ1n) is 4.08. The van der Waals surface area contributed by atoms with Gasteiger partial charge in [-0.3, -0.25) is 0 Å². The fourth-order valence-electron chi connectivity index (χ4n) is 0.900. The Bertz CT molecular complexity index is 149. The molecule has 0 aliphatic rings. The zero-order chi connectivity index (χ0) is 8.91. The van der Waals surface area contributed by atoms with E-state index in [1.165, 1.54) is 5.70 Å². The van der Waals surface area contributed by atoms with Crippen LogP contribution in [0.4, 0.5) is 0 Å². The molecule has 0 fully saturated rings. The van der Waals surface area contributed by atoms with Crippen LogP contribution in [0.2, 0.25) is 0 Å². The number of nitrogens with one attached hydrogen (secondary N) is 1. The van der Waals surface area contributed by atoms with Gasteiger partial charge in [0, 0.05) is 5.70 Å². The summed E-state index contributed by atoms with van der Waals surface area (Å²) in [5.74, 6) is 0. The molecule has 0 bridgehead atoms. The zero-order valence-electron chi connectivity index (χ0n) is 8.07. The first kappa shape index (κ1) is 10.3. The van der Waals surface area contributed by atoms with E-state index in [0.29, 0.717) is 0 Å². The highest BCUT2D eigenvalue weighted by atomic mass is 14.8. The molecule has 0 aliphatic heterocycles. The van der Waals surface area contributed by atoms with Gasteiger partial charge in [-0.2, -0.15) is 0 Å². The molecular formula is C10H19N. The SMILES string of the molecule is C=CN/C(=C/C(C)(C)C)CC. The molecule has 0 rings (SSSR count). The van der Waals surface area contributed by atoms with Gasteiger partial charge in [-0.15, -0.1) is 0 Å². The molecule has 0 aliphatic carbocycles. The van der Waals surface area contributed by atoms with Gasteiger partial charge >= 0.3 is 0 Å². The highest BCUT2D eigenvalue weighted by Crippen LogP contribution is 2.17. The van der Waals surface area contributed by atoms with Crippen LogP contribution in [0.1, 0.15) is 34.1 Å². The average molecular weight is 153 g/mol. The van der Waals surface area contributed by atoms with Gasteiger partial charge in [-0.25, -0.2) is 0 Å². The van der Waals surface area contributed by atoms with Crippen molar-refractivity contribution in [1.82, 2.24) is 5.32 Å². The van der Waals surface area contributed by atoms with E-state index in [0.717, 1.165) is 6.42 Å². The van der Waals surface area contributed by atoms with Crippen molar-refractivity contribution >= 4 is 0 Å². The second kappa shape index (κ2) is 4.22. The highest BCUT2D eigenvalue weighted by molar-refractivity contribution is 5.06. The lowest BCUT2D eigenvalue weighted by molar-refractivity contribution is 0.534. The molecule has 1 nitrogen and oxygen atoms in total. The van der Waals surface area contributed by atoms with Crippen LogP contribution in [0.25, 0.3) is 0 Å². The first-order chi connectivity index (χ1) is 4.99. The summed E-state index contributed by atoms with van der Waals surface area (Å²) in [7, 11) is 0. The molecule has 0 aromatic carbocycles. The van der Waals surface area contributed by atoms with E-state index in [2.05, 4.69) is 45.7 Å². The second-order valence-corrected chi connectivity index (χ2v) is 3.74. The summed E-state index contributed by atoms with van der Waals surface area (Å²) in [6, 6.07) is 0. The van der Waals surface area contributed by atoms with Crippen molar-refractivity contribution < 1.29 is 0 Å². The van der Waals surface area contributed by atoms with Gasteiger partial charge in [0.05, 0.1) is 0 Å². The van der Waals surface area contributed by atoms with E-state index in [1.807, 2.05) is 0 Å². The number of allylic oxidation sites excluding steroid dienone is 2. The Morgan fingerprint density at radius 2 is 2.00 bits per heavy atom. The molecule has 0 heterocycles. The van der Waals surface area contributed by atoms with Crippen LogP contribution in [-0.4, -0.2) is 0 Å². The van der Waals surface area contributed by atoms with Crippen LogP contribution in [0, 0.1) is 5.41 Å². The summed E-state index contributed by atoms with van der Waals surface area (Å²) in [4.78, 5) is 0. The molecule has 0 saturated heterocycles. The van der Waals surface area contributed by atoms with Gasteiger partial charge in [0.15, 0.2) is 0 Å². The topological polar surface area (TPSA) is 12.0 Å². The Kier molecular flexibility index (Phi) is 3.94. The number of rotatable bonds is 3. The molecule has 11 heavy (non-hydrogen) atoms. The molecule has 0 saturated carbocycles. The van der Waals surface area contributed by atoms with Crippen LogP contribution in [0.5, 0.6) is 0 Å². The molecule has 1 heteroatoms. The van der Waals surface area contributed by atoms with E-state index >= 15 is 0 Å². The van der Waals surface area contributed by atoms with Gasteiger partial charge in [-0.05, 0) is 18.0 Å². The molecule has 0 amide bonds. The van der Waals surface area contributed by atoms with E-state index in [9.17, 15) is 0 Å². The van der Waals surface area contributed by atoms with Crippen LogP contribution in [0.3, 0.4) is 0 Å². The minimum atomic E-state index is 0.251. The minimum absolute atomic E-state index is 0.251. The third-order valence-corrected chi connectivity index (χ3v) is 1.28. The Hall–Kier alpha value is -0.720. The maximum absolute atomic E-state index is 3.63. The monoisotopic (exact) mass is 153 g/mol. The van der Waals surface area contributed by atoms with Crippen LogP contribution in [0.15, 0.2) is 24.6 Å². The molecule has 0 unspecified atom stereocenters. The summed E-state index contributed by atoms with van der Waals surface area (Å²) in [6.45, 7) is 12.3. The molecule has 0 aromatic rings. The molecular weight excluding hydrogens is 134 g/mol. The highest BCUT2D eigenvalue weighted by Gasteiger charge is 2.06. The lowest BCUT2D eigenvalue weighted by Gasteiger charge is -2.15. The van der Waals surface area contributed by atoms with E-state index in [4.69, 9.17) is 0 Å². The van der Waals surface area contributed by atoms with Crippen molar-refractivity contribution in [1.29, 1.82) is 0 Å². The van der Waals surface area contributed by atoms with Gasteiger partial charge < -0.3 is 5.32 Å². The van der Waals surface area contributed by atoms with Gasteiger partial charge in [0.25, 0.3) is 0 Å². The quantitative estimate of drug-likeness (QED) is 0.657. The van der Waals surface area contributed by atoms with Crippen molar-refractivity contribution in [3.8, 4) is 0 Å². The summed E-state index contributed by atoms with van der Waals surface area (Å²) >= 11 is 0. The lowest BCUT2D eigenvalue weighted by Crippen LogP contribution is -2.09.